The molecule has 0 bridgehead atoms. The Labute approximate surface area is 296 Å². The number of halogens is 2. The van der Waals surface area contributed by atoms with Gasteiger partial charge in [-0.3, -0.25) is 14.6 Å². The van der Waals surface area contributed by atoms with Gasteiger partial charge in [-0.2, -0.15) is 0 Å². The van der Waals surface area contributed by atoms with Gasteiger partial charge in [0.2, 0.25) is 17.7 Å². The van der Waals surface area contributed by atoms with E-state index in [1.807, 2.05) is 36.4 Å². The zero-order valence-corrected chi connectivity index (χ0v) is 29.0. The Morgan fingerprint density at radius 2 is 1.61 bits per heavy atom. The van der Waals surface area contributed by atoms with Crippen molar-refractivity contribution >= 4 is 35.0 Å². The van der Waals surface area contributed by atoms with Gasteiger partial charge in [0, 0.05) is 84.6 Å². The molecule has 0 radical (unpaired) electrons. The van der Waals surface area contributed by atoms with Crippen LogP contribution in [0, 0.1) is 0 Å². The number of carbonyl (C=O) groups excluding carboxylic acids is 2. The molecule has 2 aliphatic heterocycles. The largest absolute Gasteiger partial charge is 0.481 e. The summed E-state index contributed by atoms with van der Waals surface area (Å²) >= 11 is 14.2. The minimum atomic E-state index is 0.105. The van der Waals surface area contributed by atoms with Gasteiger partial charge in [-0.15, -0.1) is 0 Å². The second-order valence-electron chi connectivity index (χ2n) is 13.1. The number of pyridine rings is 2. The second kappa shape index (κ2) is 14.8. The summed E-state index contributed by atoms with van der Waals surface area (Å²) in [6, 6.07) is 18.8. The van der Waals surface area contributed by atoms with E-state index < -0.39 is 0 Å². The molecule has 2 aromatic carbocycles. The molecule has 4 aromatic rings. The molecule has 9 nitrogen and oxygen atoms in total. The maximum atomic E-state index is 11.6. The van der Waals surface area contributed by atoms with Gasteiger partial charge in [-0.05, 0) is 61.4 Å². The van der Waals surface area contributed by atoms with Gasteiger partial charge in [0.25, 0.3) is 0 Å². The van der Waals surface area contributed by atoms with E-state index in [0.717, 1.165) is 66.5 Å². The summed E-state index contributed by atoms with van der Waals surface area (Å²) in [5.74, 6) is 0.762. The highest BCUT2D eigenvalue weighted by Gasteiger charge is 2.26. The number of nitrogens with zero attached hydrogens (tertiary/aromatic N) is 2. The zero-order valence-electron chi connectivity index (χ0n) is 27.5. The number of ether oxygens (including phenoxy) is 1. The first-order valence-corrected chi connectivity index (χ1v) is 17.8. The summed E-state index contributed by atoms with van der Waals surface area (Å²) in [7, 11) is 1.61. The standard InChI is InChI=1S/C38H40Cl2N6O3/c1-49-38-24(19-41-20-25-10-14-33(47)44-25)9-13-32(46-38)30-6-3-5-28(35(30)39)29-16-17-42-37(36(29)40)23-8-12-27-22(18-23)4-2-7-31(27)43-21-26-11-15-34(48)45-26/h3,5-6,8-9,12-13,16-18,25-26,31,41,43H,2,4,7,10-11,14-15,19-21H2,1H3,(H,44,47)(H,45,48)/t25-,26+,31-/m1/s1. The summed E-state index contributed by atoms with van der Waals surface area (Å²) < 4.78 is 5.66. The summed E-state index contributed by atoms with van der Waals surface area (Å²) in [6.07, 6.45) is 7.85. The van der Waals surface area contributed by atoms with Crippen LogP contribution < -0.4 is 26.0 Å². The van der Waals surface area contributed by atoms with Crippen molar-refractivity contribution in [3.8, 4) is 39.5 Å². The van der Waals surface area contributed by atoms with Gasteiger partial charge >= 0.3 is 0 Å². The average molecular weight is 700 g/mol. The van der Waals surface area contributed by atoms with Crippen LogP contribution >= 0.6 is 23.2 Å². The number of carbonyl (C=O) groups is 2. The Morgan fingerprint density at radius 3 is 2.37 bits per heavy atom. The van der Waals surface area contributed by atoms with Crippen LogP contribution in [0.2, 0.25) is 10.0 Å². The molecule has 1 aliphatic carbocycles. The number of amides is 2. The molecule has 7 rings (SSSR count). The third-order valence-electron chi connectivity index (χ3n) is 9.80. The van der Waals surface area contributed by atoms with Crippen molar-refractivity contribution < 1.29 is 14.3 Å². The van der Waals surface area contributed by atoms with Crippen molar-refractivity contribution in [2.24, 2.45) is 0 Å². The molecule has 2 saturated heterocycles. The predicted molar refractivity (Wildman–Crippen MR) is 193 cm³/mol. The fraction of sp³-hybridized carbons (Fsp3) is 0.368. The molecule has 0 unspecified atom stereocenters. The molecule has 4 heterocycles. The predicted octanol–water partition coefficient (Wildman–Crippen LogP) is 6.41. The first-order valence-electron chi connectivity index (χ1n) is 17.0. The van der Waals surface area contributed by atoms with Crippen LogP contribution in [-0.4, -0.2) is 54.1 Å². The normalized spacial score (nSPS) is 20.2. The van der Waals surface area contributed by atoms with Crippen LogP contribution in [-0.2, 0) is 22.6 Å². The van der Waals surface area contributed by atoms with E-state index in [4.69, 9.17) is 37.9 Å². The number of methoxy groups -OCH3 is 1. The molecule has 3 aliphatic rings. The SMILES string of the molecule is COc1nc(-c2cccc(-c3ccnc(-c4ccc5c(c4)CCC[C@H]5NC[C@@H]4CCC(=O)N4)c3Cl)c2Cl)ccc1CNC[C@H]1CCC(=O)N1. The van der Waals surface area contributed by atoms with Gasteiger partial charge in [0.15, 0.2) is 0 Å². The van der Waals surface area contributed by atoms with E-state index in [0.29, 0.717) is 53.2 Å². The van der Waals surface area contributed by atoms with Crippen molar-refractivity contribution in [2.45, 2.75) is 69.6 Å². The molecule has 4 N–H and O–H groups in total. The van der Waals surface area contributed by atoms with Crippen molar-refractivity contribution in [3.63, 3.8) is 0 Å². The zero-order chi connectivity index (χ0) is 33.9. The number of aromatic nitrogens is 2. The Hall–Kier alpha value is -4.02. The first-order chi connectivity index (χ1) is 23.9. The van der Waals surface area contributed by atoms with Gasteiger partial charge in [-0.1, -0.05) is 59.6 Å². The lowest BCUT2D eigenvalue weighted by Gasteiger charge is -2.28. The highest BCUT2D eigenvalue weighted by Crippen LogP contribution is 2.42. The lowest BCUT2D eigenvalue weighted by molar-refractivity contribution is -0.120. The summed E-state index contributed by atoms with van der Waals surface area (Å²) in [4.78, 5) is 32.7. The second-order valence-corrected chi connectivity index (χ2v) is 13.8. The maximum absolute atomic E-state index is 11.6. The summed E-state index contributed by atoms with van der Waals surface area (Å²) in [5.41, 5.74) is 8.23. The lowest BCUT2D eigenvalue weighted by Crippen LogP contribution is -2.38. The van der Waals surface area contributed by atoms with E-state index in [2.05, 4.69) is 39.5 Å². The molecule has 2 aromatic heterocycles. The maximum Gasteiger partial charge on any atom is 0.220 e. The molecular weight excluding hydrogens is 659 g/mol. The van der Waals surface area contributed by atoms with Crippen LogP contribution in [0.1, 0.15) is 61.3 Å². The molecule has 2 amide bonds. The number of fused-ring (bicyclic) bond motifs is 1. The van der Waals surface area contributed by atoms with Crippen molar-refractivity contribution in [3.05, 3.63) is 87.5 Å². The van der Waals surface area contributed by atoms with Crippen LogP contribution in [0.15, 0.2) is 60.8 Å². The number of hydrogen-bond acceptors (Lipinski definition) is 7. The van der Waals surface area contributed by atoms with E-state index in [1.165, 1.54) is 11.1 Å². The van der Waals surface area contributed by atoms with E-state index in [1.54, 1.807) is 13.3 Å². The number of benzene rings is 2. The molecular formula is C38H40Cl2N6O3. The molecule has 254 valence electrons. The monoisotopic (exact) mass is 698 g/mol. The highest BCUT2D eigenvalue weighted by atomic mass is 35.5. The number of hydrogen-bond donors (Lipinski definition) is 4. The first kappa shape index (κ1) is 33.5. The smallest absolute Gasteiger partial charge is 0.220 e. The molecule has 3 atom stereocenters. The van der Waals surface area contributed by atoms with Gasteiger partial charge < -0.3 is 26.0 Å². The quantitative estimate of drug-likeness (QED) is 0.143. The van der Waals surface area contributed by atoms with Crippen LogP contribution in [0.3, 0.4) is 0 Å². The van der Waals surface area contributed by atoms with Crippen LogP contribution in [0.5, 0.6) is 5.88 Å². The van der Waals surface area contributed by atoms with E-state index in [-0.39, 0.29) is 29.9 Å². The third kappa shape index (κ3) is 7.31. The molecule has 0 saturated carbocycles. The topological polar surface area (TPSA) is 117 Å². The van der Waals surface area contributed by atoms with Crippen molar-refractivity contribution in [1.82, 2.24) is 31.2 Å². The molecule has 49 heavy (non-hydrogen) atoms. The molecule has 11 heteroatoms. The highest BCUT2D eigenvalue weighted by molar-refractivity contribution is 6.39. The van der Waals surface area contributed by atoms with Gasteiger partial charge in [0.1, 0.15) is 0 Å². The fourth-order valence-corrected chi connectivity index (χ4v) is 7.87. The summed E-state index contributed by atoms with van der Waals surface area (Å²) in [6.45, 7) is 2.02. The minimum absolute atomic E-state index is 0.105. The van der Waals surface area contributed by atoms with Crippen molar-refractivity contribution in [1.29, 1.82) is 0 Å². The van der Waals surface area contributed by atoms with Gasteiger partial charge in [0.05, 0.1) is 28.5 Å². The van der Waals surface area contributed by atoms with Gasteiger partial charge in [-0.25, -0.2) is 4.98 Å². The van der Waals surface area contributed by atoms with Crippen LogP contribution in [0.4, 0.5) is 0 Å². The minimum Gasteiger partial charge on any atom is -0.481 e. The fourth-order valence-electron chi connectivity index (χ4n) is 7.22. The number of rotatable bonds is 11. The Morgan fingerprint density at radius 1 is 0.857 bits per heavy atom. The van der Waals surface area contributed by atoms with Crippen molar-refractivity contribution in [2.75, 3.05) is 20.2 Å². The van der Waals surface area contributed by atoms with E-state index >= 15 is 0 Å². The van der Waals surface area contributed by atoms with Crippen LogP contribution in [0.25, 0.3) is 33.6 Å². The average Bonchev–Trinajstić information content (AvgIpc) is 3.74. The Balaban J connectivity index is 1.10. The number of nitrogens with one attached hydrogen (secondary N) is 4. The van der Waals surface area contributed by atoms with E-state index in [9.17, 15) is 9.59 Å². The Kier molecular flexibility index (Phi) is 10.1. The summed E-state index contributed by atoms with van der Waals surface area (Å²) in [5, 5.41) is 14.2. The third-order valence-corrected chi connectivity index (χ3v) is 10.6. The number of aryl methyl sites for hydroxylation is 1. The lowest BCUT2D eigenvalue weighted by atomic mass is 9.86. The molecule has 0 spiro atoms. The molecule has 2 fully saturated rings. The Bertz CT molecular complexity index is 1880.